The Balaban J connectivity index is 2.22. The SMILES string of the molecule is C=C(C)C(=O)Oc1c(Cc2cc(C)cc(C(C)(C)C)c2O)cc(C)cc1Cc1cc(C)cc(C(C)(C)C)c1O. The molecule has 208 valence electrons. The van der Waals surface area contributed by atoms with Gasteiger partial charge in [-0.25, -0.2) is 4.79 Å². The van der Waals surface area contributed by atoms with E-state index in [0.717, 1.165) is 50.1 Å². The molecule has 3 aromatic carbocycles. The van der Waals surface area contributed by atoms with E-state index in [1.165, 1.54) is 0 Å². The van der Waals surface area contributed by atoms with Gasteiger partial charge in [0.25, 0.3) is 0 Å². The Morgan fingerprint density at radius 2 is 1.03 bits per heavy atom. The number of aryl methyl sites for hydroxylation is 3. The summed E-state index contributed by atoms with van der Waals surface area (Å²) in [6.45, 7) is 23.9. The van der Waals surface area contributed by atoms with Crippen LogP contribution < -0.4 is 4.74 Å². The predicted molar refractivity (Wildman–Crippen MR) is 160 cm³/mol. The van der Waals surface area contributed by atoms with Crippen molar-refractivity contribution in [2.45, 2.75) is 92.9 Å². The first kappa shape index (κ1) is 30.0. The highest BCUT2D eigenvalue weighted by atomic mass is 16.5. The van der Waals surface area contributed by atoms with E-state index in [1.807, 2.05) is 57.2 Å². The molecule has 0 aromatic heterocycles. The molecule has 0 aliphatic carbocycles. The Labute approximate surface area is 234 Å². The largest absolute Gasteiger partial charge is 0.507 e. The van der Waals surface area contributed by atoms with E-state index in [1.54, 1.807) is 6.92 Å². The lowest BCUT2D eigenvalue weighted by Gasteiger charge is -2.24. The molecular formula is C35H44O4. The van der Waals surface area contributed by atoms with Gasteiger partial charge in [-0.15, -0.1) is 0 Å². The minimum atomic E-state index is -0.506. The predicted octanol–water partition coefficient (Wildman–Crippen LogP) is 8.28. The zero-order chi connectivity index (χ0) is 29.4. The zero-order valence-electron chi connectivity index (χ0n) is 25.3. The molecule has 0 bridgehead atoms. The molecule has 0 atom stereocenters. The van der Waals surface area contributed by atoms with Crippen LogP contribution in [0.4, 0.5) is 0 Å². The van der Waals surface area contributed by atoms with Crippen LogP contribution in [-0.4, -0.2) is 16.2 Å². The van der Waals surface area contributed by atoms with E-state index >= 15 is 0 Å². The molecule has 2 N–H and O–H groups in total. The smallest absolute Gasteiger partial charge is 0.338 e. The molecule has 4 heteroatoms. The number of esters is 1. The number of rotatable bonds is 6. The summed E-state index contributed by atoms with van der Waals surface area (Å²) in [5.74, 6) is 0.470. The van der Waals surface area contributed by atoms with E-state index in [-0.39, 0.29) is 22.3 Å². The van der Waals surface area contributed by atoms with Gasteiger partial charge in [0, 0.05) is 18.4 Å². The Morgan fingerprint density at radius 3 is 1.36 bits per heavy atom. The van der Waals surface area contributed by atoms with Crippen LogP contribution in [0.3, 0.4) is 0 Å². The lowest BCUT2D eigenvalue weighted by molar-refractivity contribution is -0.130. The molecule has 0 unspecified atom stereocenters. The molecule has 0 fully saturated rings. The van der Waals surface area contributed by atoms with E-state index < -0.39 is 5.97 Å². The molecule has 0 saturated carbocycles. The Kier molecular flexibility index (Phi) is 8.40. The summed E-state index contributed by atoms with van der Waals surface area (Å²) in [7, 11) is 0. The maximum atomic E-state index is 12.8. The third-order valence-electron chi connectivity index (χ3n) is 6.97. The van der Waals surface area contributed by atoms with Crippen molar-refractivity contribution in [2.75, 3.05) is 0 Å². The van der Waals surface area contributed by atoms with Crippen molar-refractivity contribution in [3.63, 3.8) is 0 Å². The summed E-state index contributed by atoms with van der Waals surface area (Å²) < 4.78 is 5.97. The van der Waals surface area contributed by atoms with Crippen molar-refractivity contribution in [2.24, 2.45) is 0 Å². The summed E-state index contributed by atoms with van der Waals surface area (Å²) in [5.41, 5.74) is 7.85. The van der Waals surface area contributed by atoms with Gasteiger partial charge in [0.2, 0.25) is 0 Å². The van der Waals surface area contributed by atoms with Crippen LogP contribution in [0.2, 0.25) is 0 Å². The monoisotopic (exact) mass is 528 g/mol. The van der Waals surface area contributed by atoms with Gasteiger partial charge in [0.05, 0.1) is 0 Å². The van der Waals surface area contributed by atoms with Crippen LogP contribution >= 0.6 is 0 Å². The lowest BCUT2D eigenvalue weighted by atomic mass is 9.82. The molecule has 0 saturated heterocycles. The number of carbonyl (C=O) groups is 1. The van der Waals surface area contributed by atoms with Crippen LogP contribution in [0.1, 0.15) is 98.5 Å². The maximum absolute atomic E-state index is 12.8. The fourth-order valence-corrected chi connectivity index (χ4v) is 5.03. The number of phenols is 2. The molecule has 3 rings (SSSR count). The van der Waals surface area contributed by atoms with Gasteiger partial charge >= 0.3 is 5.97 Å². The fourth-order valence-electron chi connectivity index (χ4n) is 5.03. The quantitative estimate of drug-likeness (QED) is 0.192. The highest BCUT2D eigenvalue weighted by Crippen LogP contribution is 2.40. The number of benzene rings is 3. The van der Waals surface area contributed by atoms with Crippen LogP contribution in [0, 0.1) is 20.8 Å². The minimum absolute atomic E-state index is 0.231. The van der Waals surface area contributed by atoms with Crippen LogP contribution in [-0.2, 0) is 28.5 Å². The Morgan fingerprint density at radius 1 is 0.692 bits per heavy atom. The van der Waals surface area contributed by atoms with Crippen molar-refractivity contribution < 1.29 is 19.7 Å². The summed E-state index contributed by atoms with van der Waals surface area (Å²) >= 11 is 0. The number of hydrogen-bond acceptors (Lipinski definition) is 4. The lowest BCUT2D eigenvalue weighted by Crippen LogP contribution is -2.14. The van der Waals surface area contributed by atoms with E-state index in [9.17, 15) is 15.0 Å². The third kappa shape index (κ3) is 6.92. The van der Waals surface area contributed by atoms with Crippen molar-refractivity contribution in [1.29, 1.82) is 0 Å². The van der Waals surface area contributed by atoms with Crippen molar-refractivity contribution in [3.8, 4) is 17.2 Å². The minimum Gasteiger partial charge on any atom is -0.507 e. The molecule has 39 heavy (non-hydrogen) atoms. The topological polar surface area (TPSA) is 66.8 Å². The summed E-state index contributed by atoms with van der Waals surface area (Å²) in [6, 6.07) is 12.0. The van der Waals surface area contributed by atoms with Gasteiger partial charge in [-0.05, 0) is 71.9 Å². The molecule has 0 spiro atoms. The maximum Gasteiger partial charge on any atom is 0.338 e. The standard InChI is InChI=1S/C35H44O4/c1-20(2)33(38)39-32-26(18-24-12-22(4)16-28(30(24)36)34(6,7)8)14-21(3)15-27(32)19-25-13-23(5)17-29(31(25)37)35(9,10)11/h12-17,36-37H,1,18-19H2,2-11H3. The molecular weight excluding hydrogens is 484 g/mol. The highest BCUT2D eigenvalue weighted by molar-refractivity contribution is 5.89. The molecule has 0 amide bonds. The third-order valence-corrected chi connectivity index (χ3v) is 6.97. The number of ether oxygens (including phenoxy) is 1. The summed E-state index contributed by atoms with van der Waals surface area (Å²) in [5, 5.41) is 22.5. The fraction of sp³-hybridized carbons (Fsp3) is 0.400. The van der Waals surface area contributed by atoms with Crippen molar-refractivity contribution in [1.82, 2.24) is 0 Å². The molecule has 4 nitrogen and oxygen atoms in total. The average molecular weight is 529 g/mol. The first-order valence-corrected chi connectivity index (χ1v) is 13.5. The van der Waals surface area contributed by atoms with E-state index in [4.69, 9.17) is 4.74 Å². The van der Waals surface area contributed by atoms with Gasteiger partial charge in [0.15, 0.2) is 0 Å². The van der Waals surface area contributed by atoms with Crippen molar-refractivity contribution in [3.05, 3.63) is 98.6 Å². The number of hydrogen-bond donors (Lipinski definition) is 2. The van der Waals surface area contributed by atoms with E-state index in [2.05, 4.69) is 48.1 Å². The average Bonchev–Trinajstić information content (AvgIpc) is 2.78. The summed E-state index contributed by atoms with van der Waals surface area (Å²) in [6.07, 6.45) is 0.772. The molecule has 0 radical (unpaired) electrons. The normalized spacial score (nSPS) is 11.9. The first-order valence-electron chi connectivity index (χ1n) is 13.5. The Bertz CT molecular complexity index is 1340. The molecule has 3 aromatic rings. The number of carbonyl (C=O) groups excluding carboxylic acids is 1. The second kappa shape index (κ2) is 10.9. The van der Waals surface area contributed by atoms with Crippen LogP contribution in [0.5, 0.6) is 17.2 Å². The van der Waals surface area contributed by atoms with Gasteiger partial charge in [-0.1, -0.05) is 101 Å². The molecule has 0 heterocycles. The van der Waals surface area contributed by atoms with E-state index in [0.29, 0.717) is 24.2 Å². The van der Waals surface area contributed by atoms with Gasteiger partial charge in [0.1, 0.15) is 17.2 Å². The summed E-state index contributed by atoms with van der Waals surface area (Å²) in [4.78, 5) is 12.8. The number of phenolic OH excluding ortho intramolecular Hbond substituents is 2. The highest BCUT2D eigenvalue weighted by Gasteiger charge is 2.25. The first-order chi connectivity index (χ1) is 17.9. The van der Waals surface area contributed by atoms with Gasteiger partial charge in [-0.2, -0.15) is 0 Å². The second-order valence-corrected chi connectivity index (χ2v) is 13.1. The molecule has 0 aliphatic rings. The van der Waals surface area contributed by atoms with Crippen LogP contribution in [0.15, 0.2) is 48.6 Å². The zero-order valence-corrected chi connectivity index (χ0v) is 25.3. The van der Waals surface area contributed by atoms with Crippen LogP contribution in [0.25, 0.3) is 0 Å². The number of aromatic hydroxyl groups is 2. The van der Waals surface area contributed by atoms with Gasteiger partial charge < -0.3 is 14.9 Å². The molecule has 0 aliphatic heterocycles. The second-order valence-electron chi connectivity index (χ2n) is 13.1. The van der Waals surface area contributed by atoms with Gasteiger partial charge in [-0.3, -0.25) is 0 Å². The Hall–Kier alpha value is -3.53. The van der Waals surface area contributed by atoms with Crippen molar-refractivity contribution >= 4 is 5.97 Å².